The Bertz CT molecular complexity index is 393. The number of hydrogen-bond acceptors (Lipinski definition) is 2. The van der Waals surface area contributed by atoms with Crippen LogP contribution >= 0.6 is 0 Å². The fourth-order valence-corrected chi connectivity index (χ4v) is 1.47. The van der Waals surface area contributed by atoms with E-state index in [9.17, 15) is 9.18 Å². The minimum absolute atomic E-state index is 0.116. The fourth-order valence-electron chi connectivity index (χ4n) is 1.47. The van der Waals surface area contributed by atoms with Crippen molar-refractivity contribution in [1.29, 1.82) is 0 Å². The largest absolute Gasteiger partial charge is 0.376 e. The Balaban J connectivity index is 2.21. The Morgan fingerprint density at radius 2 is 2.00 bits per heavy atom. The molecule has 0 unspecified atom stereocenters. The van der Waals surface area contributed by atoms with E-state index in [1.807, 2.05) is 0 Å². The third-order valence-electron chi connectivity index (χ3n) is 2.30. The van der Waals surface area contributed by atoms with Gasteiger partial charge in [-0.1, -0.05) is 12.1 Å². The van der Waals surface area contributed by atoms with Crippen molar-refractivity contribution in [1.82, 2.24) is 0 Å². The van der Waals surface area contributed by atoms with E-state index in [1.54, 1.807) is 18.2 Å². The molecule has 2 rings (SSSR count). The van der Waals surface area contributed by atoms with Gasteiger partial charge in [-0.25, -0.2) is 4.39 Å². The normalized spacial score (nSPS) is 19.5. The van der Waals surface area contributed by atoms with Gasteiger partial charge in [0.2, 0.25) is 0 Å². The van der Waals surface area contributed by atoms with E-state index in [0.29, 0.717) is 25.2 Å². The molecule has 1 aliphatic rings. The Labute approximate surface area is 87.4 Å². The molecule has 1 fully saturated rings. The number of Topliss-reactive ketones (excluding diaryl/α,β-unsaturated/α-hetero) is 1. The predicted molar refractivity (Wildman–Crippen MR) is 54.8 cm³/mol. The van der Waals surface area contributed by atoms with Gasteiger partial charge in [-0.15, -0.1) is 0 Å². The van der Waals surface area contributed by atoms with Crippen molar-refractivity contribution < 1.29 is 13.9 Å². The lowest BCUT2D eigenvalue weighted by atomic mass is 10.0. The Kier molecular flexibility index (Phi) is 2.92. The molecule has 0 aliphatic carbocycles. The second-order valence-electron chi connectivity index (χ2n) is 3.45. The van der Waals surface area contributed by atoms with E-state index in [2.05, 4.69) is 0 Å². The SMILES string of the molecule is O=C1CCOC/C1=C/c1ccc(F)cc1. The van der Waals surface area contributed by atoms with E-state index >= 15 is 0 Å². The Hall–Kier alpha value is -1.48. The third kappa shape index (κ3) is 2.50. The lowest BCUT2D eigenvalue weighted by Gasteiger charge is -2.13. The van der Waals surface area contributed by atoms with Gasteiger partial charge in [-0.3, -0.25) is 4.79 Å². The molecule has 0 bridgehead atoms. The molecule has 0 amide bonds. The average molecular weight is 206 g/mol. The molecule has 1 aromatic rings. The van der Waals surface area contributed by atoms with Gasteiger partial charge < -0.3 is 4.74 Å². The number of halogens is 1. The average Bonchev–Trinajstić information content (AvgIpc) is 2.25. The predicted octanol–water partition coefficient (Wildman–Crippen LogP) is 2.20. The van der Waals surface area contributed by atoms with Crippen LogP contribution in [-0.4, -0.2) is 19.0 Å². The van der Waals surface area contributed by atoms with Crippen LogP contribution in [0.25, 0.3) is 6.08 Å². The number of rotatable bonds is 1. The van der Waals surface area contributed by atoms with Gasteiger partial charge in [0, 0.05) is 12.0 Å². The first-order valence-electron chi connectivity index (χ1n) is 4.83. The summed E-state index contributed by atoms with van der Waals surface area (Å²) in [5.41, 5.74) is 1.48. The van der Waals surface area contributed by atoms with Crippen molar-refractivity contribution in [2.24, 2.45) is 0 Å². The van der Waals surface area contributed by atoms with Gasteiger partial charge in [0.25, 0.3) is 0 Å². The summed E-state index contributed by atoms with van der Waals surface area (Å²) in [5.74, 6) is -0.158. The van der Waals surface area contributed by atoms with Gasteiger partial charge in [-0.05, 0) is 23.8 Å². The molecule has 0 aromatic heterocycles. The summed E-state index contributed by atoms with van der Waals surface area (Å²) in [6.07, 6.45) is 2.19. The summed E-state index contributed by atoms with van der Waals surface area (Å²) in [4.78, 5) is 11.4. The van der Waals surface area contributed by atoms with E-state index in [4.69, 9.17) is 4.74 Å². The van der Waals surface area contributed by atoms with Crippen LogP contribution in [0.4, 0.5) is 4.39 Å². The summed E-state index contributed by atoms with van der Waals surface area (Å²) in [6.45, 7) is 0.857. The van der Waals surface area contributed by atoms with Crippen molar-refractivity contribution in [3.8, 4) is 0 Å². The van der Waals surface area contributed by atoms with Gasteiger partial charge in [0.05, 0.1) is 13.2 Å². The highest BCUT2D eigenvalue weighted by Gasteiger charge is 2.14. The monoisotopic (exact) mass is 206 g/mol. The maximum Gasteiger partial charge on any atom is 0.163 e. The van der Waals surface area contributed by atoms with E-state index < -0.39 is 0 Å². The van der Waals surface area contributed by atoms with Crippen molar-refractivity contribution in [2.75, 3.05) is 13.2 Å². The maximum atomic E-state index is 12.6. The first-order valence-corrected chi connectivity index (χ1v) is 4.83. The molecule has 0 N–H and O–H groups in total. The van der Waals surface area contributed by atoms with Crippen molar-refractivity contribution in [2.45, 2.75) is 6.42 Å². The van der Waals surface area contributed by atoms with Crippen LogP contribution in [0.15, 0.2) is 29.8 Å². The van der Waals surface area contributed by atoms with Crippen molar-refractivity contribution in [3.63, 3.8) is 0 Å². The highest BCUT2D eigenvalue weighted by Crippen LogP contribution is 2.14. The quantitative estimate of drug-likeness (QED) is 0.658. The smallest absolute Gasteiger partial charge is 0.163 e. The fraction of sp³-hybridized carbons (Fsp3) is 0.250. The van der Waals surface area contributed by atoms with Crippen LogP contribution in [0, 0.1) is 5.82 Å². The number of carbonyl (C=O) groups excluding carboxylic acids is 1. The minimum atomic E-state index is -0.275. The molecule has 1 saturated heterocycles. The highest BCUT2D eigenvalue weighted by molar-refractivity contribution is 6.00. The van der Waals surface area contributed by atoms with E-state index in [-0.39, 0.29) is 11.6 Å². The summed E-state index contributed by atoms with van der Waals surface area (Å²) >= 11 is 0. The zero-order chi connectivity index (χ0) is 10.7. The maximum absolute atomic E-state index is 12.6. The summed E-state index contributed by atoms with van der Waals surface area (Å²) in [5, 5.41) is 0. The second kappa shape index (κ2) is 4.36. The zero-order valence-electron chi connectivity index (χ0n) is 8.20. The van der Waals surface area contributed by atoms with Gasteiger partial charge in [-0.2, -0.15) is 0 Å². The van der Waals surface area contributed by atoms with Crippen molar-refractivity contribution in [3.05, 3.63) is 41.2 Å². The molecule has 1 aliphatic heterocycles. The molecule has 78 valence electrons. The molecule has 0 saturated carbocycles. The van der Waals surface area contributed by atoms with Crippen LogP contribution in [0.2, 0.25) is 0 Å². The highest BCUT2D eigenvalue weighted by atomic mass is 19.1. The Morgan fingerprint density at radius 3 is 2.67 bits per heavy atom. The number of ketones is 1. The lowest BCUT2D eigenvalue weighted by molar-refractivity contribution is -0.119. The third-order valence-corrected chi connectivity index (χ3v) is 2.30. The van der Waals surface area contributed by atoms with Gasteiger partial charge in [0.1, 0.15) is 5.82 Å². The van der Waals surface area contributed by atoms with Gasteiger partial charge >= 0.3 is 0 Å². The molecule has 0 spiro atoms. The first kappa shape index (κ1) is 10.1. The zero-order valence-corrected chi connectivity index (χ0v) is 8.20. The standard InChI is InChI=1S/C12H11FO2/c13-11-3-1-9(2-4-11)7-10-8-15-6-5-12(10)14/h1-4,7H,5-6,8H2/b10-7-. The molecular weight excluding hydrogens is 195 g/mol. The number of ether oxygens (including phenoxy) is 1. The summed E-state index contributed by atoms with van der Waals surface area (Å²) in [6, 6.07) is 6.04. The molecular formula is C12H11FO2. The van der Waals surface area contributed by atoms with Crippen LogP contribution in [-0.2, 0) is 9.53 Å². The lowest BCUT2D eigenvalue weighted by Crippen LogP contribution is -2.18. The Morgan fingerprint density at radius 1 is 1.27 bits per heavy atom. The van der Waals surface area contributed by atoms with E-state index in [0.717, 1.165) is 5.56 Å². The number of hydrogen-bond donors (Lipinski definition) is 0. The van der Waals surface area contributed by atoms with Crippen LogP contribution in [0.1, 0.15) is 12.0 Å². The molecule has 1 heterocycles. The van der Waals surface area contributed by atoms with Crippen LogP contribution < -0.4 is 0 Å². The van der Waals surface area contributed by atoms with Gasteiger partial charge in [0.15, 0.2) is 5.78 Å². The second-order valence-corrected chi connectivity index (χ2v) is 3.45. The number of benzene rings is 1. The molecule has 0 radical (unpaired) electrons. The van der Waals surface area contributed by atoms with Crippen LogP contribution in [0.5, 0.6) is 0 Å². The summed E-state index contributed by atoms with van der Waals surface area (Å²) in [7, 11) is 0. The molecule has 3 heteroatoms. The topological polar surface area (TPSA) is 26.3 Å². The number of carbonyl (C=O) groups is 1. The molecule has 2 nitrogen and oxygen atoms in total. The van der Waals surface area contributed by atoms with E-state index in [1.165, 1.54) is 12.1 Å². The molecule has 15 heavy (non-hydrogen) atoms. The van der Waals surface area contributed by atoms with Crippen LogP contribution in [0.3, 0.4) is 0 Å². The van der Waals surface area contributed by atoms with Crippen molar-refractivity contribution >= 4 is 11.9 Å². The first-order chi connectivity index (χ1) is 7.25. The minimum Gasteiger partial charge on any atom is -0.376 e. The molecule has 1 aromatic carbocycles. The summed E-state index contributed by atoms with van der Waals surface area (Å²) < 4.78 is 17.8. The molecule has 0 atom stereocenters.